The molecule has 0 unspecified atom stereocenters. The van der Waals surface area contributed by atoms with E-state index in [0.29, 0.717) is 17.7 Å². The molecule has 7 heteroatoms. The number of hydrogen-bond donors (Lipinski definition) is 0. The van der Waals surface area contributed by atoms with Gasteiger partial charge in [0.2, 0.25) is 0 Å². The summed E-state index contributed by atoms with van der Waals surface area (Å²) < 4.78 is 7.91. The van der Waals surface area contributed by atoms with Crippen molar-refractivity contribution < 1.29 is 19.1 Å². The molecule has 1 aliphatic rings. The average molecular weight is 332 g/mol. The molecule has 0 saturated heterocycles. The van der Waals surface area contributed by atoms with Gasteiger partial charge in [-0.25, -0.2) is 14.6 Å². The highest BCUT2D eigenvalue weighted by Crippen LogP contribution is 2.44. The topological polar surface area (TPSA) is 65.5 Å². The van der Waals surface area contributed by atoms with Gasteiger partial charge in [0.15, 0.2) is 0 Å². The molecular formula is C14H15Cl2NO4. The van der Waals surface area contributed by atoms with Crippen LogP contribution in [0.3, 0.4) is 0 Å². The zero-order valence-electron chi connectivity index (χ0n) is 12.1. The van der Waals surface area contributed by atoms with Gasteiger partial charge in [0.05, 0.1) is 23.9 Å². The Morgan fingerprint density at radius 1 is 1.43 bits per heavy atom. The number of pyridine rings is 1. The molecule has 0 spiro atoms. The van der Waals surface area contributed by atoms with E-state index in [1.54, 1.807) is 6.92 Å². The molecule has 21 heavy (non-hydrogen) atoms. The number of aryl methyl sites for hydroxylation is 1. The SMILES string of the molecule is COC(=O)c1c(C)nc2c(c1CC(C)C)C(=O)OC2(Cl)Cl. The lowest BCUT2D eigenvalue weighted by atomic mass is 9.92. The number of hydrogen-bond acceptors (Lipinski definition) is 5. The number of alkyl halides is 2. The van der Waals surface area contributed by atoms with Crippen molar-refractivity contribution in [2.24, 2.45) is 5.92 Å². The van der Waals surface area contributed by atoms with Crippen LogP contribution in [0.2, 0.25) is 0 Å². The second kappa shape index (κ2) is 5.46. The van der Waals surface area contributed by atoms with Gasteiger partial charge < -0.3 is 9.47 Å². The van der Waals surface area contributed by atoms with Crippen LogP contribution in [0, 0.1) is 12.8 Å². The Hall–Kier alpha value is -1.33. The van der Waals surface area contributed by atoms with Crippen LogP contribution in [0.15, 0.2) is 0 Å². The number of esters is 2. The molecule has 0 fully saturated rings. The lowest BCUT2D eigenvalue weighted by molar-refractivity contribution is 0.0443. The molecule has 1 aliphatic heterocycles. The van der Waals surface area contributed by atoms with Crippen molar-refractivity contribution in [3.8, 4) is 0 Å². The predicted octanol–water partition coefficient (Wildman–Crippen LogP) is 3.13. The van der Waals surface area contributed by atoms with Gasteiger partial charge in [-0.3, -0.25) is 0 Å². The molecule has 2 heterocycles. The van der Waals surface area contributed by atoms with Crippen LogP contribution in [-0.4, -0.2) is 24.0 Å². The normalized spacial score (nSPS) is 15.9. The third kappa shape index (κ3) is 2.72. The summed E-state index contributed by atoms with van der Waals surface area (Å²) in [5.74, 6) is -1.02. The summed E-state index contributed by atoms with van der Waals surface area (Å²) in [6.45, 7) is 5.58. The first-order chi connectivity index (χ1) is 9.69. The molecule has 0 aromatic carbocycles. The molecular weight excluding hydrogens is 317 g/mol. The standard InChI is InChI=1S/C14H15Cl2NO4/c1-6(2)5-8-9(12(18)20-4)7(3)17-11-10(8)13(19)21-14(11,15)16/h6H,5H2,1-4H3. The van der Waals surface area contributed by atoms with E-state index in [2.05, 4.69) is 4.98 Å². The minimum Gasteiger partial charge on any atom is -0.465 e. The molecule has 2 rings (SSSR count). The highest BCUT2D eigenvalue weighted by Gasteiger charge is 2.47. The van der Waals surface area contributed by atoms with Crippen LogP contribution in [-0.2, 0) is 20.4 Å². The van der Waals surface area contributed by atoms with E-state index in [0.717, 1.165) is 0 Å². The molecule has 0 saturated carbocycles. The maximum atomic E-state index is 12.1. The van der Waals surface area contributed by atoms with E-state index in [9.17, 15) is 9.59 Å². The first kappa shape index (κ1) is 16.0. The number of nitrogens with zero attached hydrogens (tertiary/aromatic N) is 1. The first-order valence-electron chi connectivity index (χ1n) is 6.42. The summed E-state index contributed by atoms with van der Waals surface area (Å²) in [5.41, 5.74) is 1.50. The number of rotatable bonds is 3. The minimum atomic E-state index is -1.82. The van der Waals surface area contributed by atoms with E-state index in [1.807, 2.05) is 13.8 Å². The Bertz CT molecular complexity index is 626. The van der Waals surface area contributed by atoms with Gasteiger partial charge in [0, 0.05) is 0 Å². The lowest BCUT2D eigenvalue weighted by Gasteiger charge is -2.16. The number of carbonyl (C=O) groups excluding carboxylic acids is 2. The van der Waals surface area contributed by atoms with Crippen molar-refractivity contribution >= 4 is 35.1 Å². The van der Waals surface area contributed by atoms with Crippen molar-refractivity contribution in [2.45, 2.75) is 31.7 Å². The zero-order chi connectivity index (χ0) is 15.9. The first-order valence-corrected chi connectivity index (χ1v) is 7.18. The fourth-order valence-electron chi connectivity index (χ4n) is 2.40. The Balaban J connectivity index is 2.79. The number of fused-ring (bicyclic) bond motifs is 1. The van der Waals surface area contributed by atoms with Crippen molar-refractivity contribution in [2.75, 3.05) is 7.11 Å². The number of carbonyl (C=O) groups is 2. The number of aromatic nitrogens is 1. The van der Waals surface area contributed by atoms with Crippen molar-refractivity contribution in [1.29, 1.82) is 0 Å². The average Bonchev–Trinajstić information content (AvgIpc) is 2.58. The van der Waals surface area contributed by atoms with E-state index < -0.39 is 16.5 Å². The summed E-state index contributed by atoms with van der Waals surface area (Å²) in [6.07, 6.45) is 0.481. The molecule has 0 amide bonds. The Labute approximate surface area is 132 Å². The summed E-state index contributed by atoms with van der Waals surface area (Å²) in [5, 5.41) is 0. The molecule has 114 valence electrons. The Kier molecular flexibility index (Phi) is 4.17. The molecule has 1 aromatic rings. The van der Waals surface area contributed by atoms with Crippen molar-refractivity contribution in [1.82, 2.24) is 4.98 Å². The summed E-state index contributed by atoms with van der Waals surface area (Å²) in [6, 6.07) is 0. The molecule has 1 aromatic heterocycles. The third-order valence-corrected chi connectivity index (χ3v) is 3.70. The van der Waals surface area contributed by atoms with Crippen LogP contribution >= 0.6 is 23.2 Å². The van der Waals surface area contributed by atoms with E-state index in [-0.39, 0.29) is 22.7 Å². The minimum absolute atomic E-state index is 0.136. The Morgan fingerprint density at radius 2 is 2.05 bits per heavy atom. The molecule has 0 bridgehead atoms. The highest BCUT2D eigenvalue weighted by molar-refractivity contribution is 6.48. The van der Waals surface area contributed by atoms with Gasteiger partial charge in [-0.15, -0.1) is 0 Å². The predicted molar refractivity (Wildman–Crippen MR) is 77.7 cm³/mol. The van der Waals surface area contributed by atoms with E-state index in [1.165, 1.54) is 7.11 Å². The lowest BCUT2D eigenvalue weighted by Crippen LogP contribution is -2.17. The maximum absolute atomic E-state index is 12.1. The van der Waals surface area contributed by atoms with Crippen molar-refractivity contribution in [3.05, 3.63) is 28.1 Å². The van der Waals surface area contributed by atoms with Crippen LogP contribution in [0.25, 0.3) is 0 Å². The molecule has 0 N–H and O–H groups in total. The third-order valence-electron chi connectivity index (χ3n) is 3.18. The molecule has 0 radical (unpaired) electrons. The zero-order valence-corrected chi connectivity index (χ0v) is 13.6. The molecule has 0 atom stereocenters. The fraction of sp³-hybridized carbons (Fsp3) is 0.500. The van der Waals surface area contributed by atoms with Gasteiger partial charge in [-0.2, -0.15) is 0 Å². The number of methoxy groups -OCH3 is 1. The quantitative estimate of drug-likeness (QED) is 0.628. The summed E-state index contributed by atoms with van der Waals surface area (Å²) in [7, 11) is 1.28. The van der Waals surface area contributed by atoms with E-state index >= 15 is 0 Å². The largest absolute Gasteiger partial charge is 0.465 e. The number of halogens is 2. The van der Waals surface area contributed by atoms with Gasteiger partial charge in [0.1, 0.15) is 5.69 Å². The summed E-state index contributed by atoms with van der Waals surface area (Å²) >= 11 is 12.0. The molecule has 0 aliphatic carbocycles. The van der Waals surface area contributed by atoms with Crippen LogP contribution in [0.4, 0.5) is 0 Å². The Morgan fingerprint density at radius 3 is 2.57 bits per heavy atom. The second-order valence-electron chi connectivity index (χ2n) is 5.27. The van der Waals surface area contributed by atoms with Gasteiger partial charge in [-0.1, -0.05) is 37.0 Å². The monoisotopic (exact) mass is 331 g/mol. The van der Waals surface area contributed by atoms with Crippen LogP contribution in [0.5, 0.6) is 0 Å². The van der Waals surface area contributed by atoms with Crippen LogP contribution in [0.1, 0.15) is 51.5 Å². The number of cyclic esters (lactones) is 1. The highest BCUT2D eigenvalue weighted by atomic mass is 35.5. The van der Waals surface area contributed by atoms with Gasteiger partial charge >= 0.3 is 16.5 Å². The maximum Gasteiger partial charge on any atom is 0.343 e. The van der Waals surface area contributed by atoms with E-state index in [4.69, 9.17) is 32.7 Å². The second-order valence-corrected chi connectivity index (χ2v) is 6.53. The van der Waals surface area contributed by atoms with Gasteiger partial charge in [0.25, 0.3) is 0 Å². The summed E-state index contributed by atoms with van der Waals surface area (Å²) in [4.78, 5) is 28.3. The van der Waals surface area contributed by atoms with Crippen LogP contribution < -0.4 is 0 Å². The van der Waals surface area contributed by atoms with Crippen molar-refractivity contribution in [3.63, 3.8) is 0 Å². The number of ether oxygens (including phenoxy) is 2. The molecule has 5 nitrogen and oxygen atoms in total. The smallest absolute Gasteiger partial charge is 0.343 e. The van der Waals surface area contributed by atoms with Gasteiger partial charge in [-0.05, 0) is 24.8 Å². The fourth-order valence-corrected chi connectivity index (χ4v) is 2.81.